The molecule has 3 aromatic carbocycles. The van der Waals surface area contributed by atoms with Gasteiger partial charge in [-0.3, -0.25) is 4.79 Å². The number of benzene rings is 3. The highest BCUT2D eigenvalue weighted by Crippen LogP contribution is 2.23. The van der Waals surface area contributed by atoms with Crippen molar-refractivity contribution < 1.29 is 9.90 Å². The Kier molecular flexibility index (Phi) is 5.34. The molecule has 3 rings (SSSR count). The molecule has 0 atom stereocenters. The van der Waals surface area contributed by atoms with Gasteiger partial charge in [0.25, 0.3) is 0 Å². The lowest BCUT2D eigenvalue weighted by Crippen LogP contribution is -2.04. The SMILES string of the molecule is Cc1ccc(N=N/C(C(=O)c2ccccc2)=C(/O)c2ccccc2)cc1. The molecule has 0 bridgehead atoms. The zero-order valence-electron chi connectivity index (χ0n) is 14.3. The van der Waals surface area contributed by atoms with Crippen LogP contribution in [-0.4, -0.2) is 10.9 Å². The van der Waals surface area contributed by atoms with Crippen molar-refractivity contribution in [1.82, 2.24) is 0 Å². The van der Waals surface area contributed by atoms with E-state index in [1.807, 2.05) is 43.3 Å². The van der Waals surface area contributed by atoms with Gasteiger partial charge in [-0.25, -0.2) is 0 Å². The number of allylic oxidation sites excluding steroid dienone is 1. The van der Waals surface area contributed by atoms with Crippen LogP contribution in [0.25, 0.3) is 5.76 Å². The third-order valence-corrected chi connectivity index (χ3v) is 3.82. The lowest BCUT2D eigenvalue weighted by molar-refractivity contribution is 0.103. The second kappa shape index (κ2) is 8.03. The van der Waals surface area contributed by atoms with E-state index in [1.165, 1.54) is 0 Å². The normalized spacial score (nSPS) is 12.0. The van der Waals surface area contributed by atoms with Gasteiger partial charge in [-0.15, -0.1) is 5.11 Å². The number of aliphatic hydroxyl groups excluding tert-OH is 1. The first-order valence-electron chi connectivity index (χ1n) is 8.22. The van der Waals surface area contributed by atoms with Gasteiger partial charge in [0, 0.05) is 11.1 Å². The molecular weight excluding hydrogens is 324 g/mol. The van der Waals surface area contributed by atoms with Crippen LogP contribution in [0, 0.1) is 6.92 Å². The van der Waals surface area contributed by atoms with Crippen LogP contribution in [0.2, 0.25) is 0 Å². The molecule has 0 aliphatic rings. The van der Waals surface area contributed by atoms with Crippen LogP contribution in [-0.2, 0) is 0 Å². The first-order valence-corrected chi connectivity index (χ1v) is 8.22. The maximum absolute atomic E-state index is 12.9. The van der Waals surface area contributed by atoms with Crippen molar-refractivity contribution in [3.8, 4) is 0 Å². The summed E-state index contributed by atoms with van der Waals surface area (Å²) in [5.74, 6) is -0.585. The third kappa shape index (κ3) is 4.11. The van der Waals surface area contributed by atoms with Crippen LogP contribution in [0.4, 0.5) is 5.69 Å². The average molecular weight is 342 g/mol. The Labute approximate surface area is 152 Å². The van der Waals surface area contributed by atoms with Crippen LogP contribution in [0.1, 0.15) is 21.5 Å². The predicted octanol–water partition coefficient (Wildman–Crippen LogP) is 5.89. The molecule has 0 amide bonds. The predicted molar refractivity (Wildman–Crippen MR) is 102 cm³/mol. The van der Waals surface area contributed by atoms with E-state index in [0.29, 0.717) is 16.8 Å². The van der Waals surface area contributed by atoms with Gasteiger partial charge < -0.3 is 5.11 Å². The van der Waals surface area contributed by atoms with Gasteiger partial charge in [0.2, 0.25) is 5.78 Å². The molecule has 3 aromatic rings. The monoisotopic (exact) mass is 342 g/mol. The van der Waals surface area contributed by atoms with Crippen LogP contribution in [0.5, 0.6) is 0 Å². The molecular formula is C22H18N2O2. The number of Topliss-reactive ketones (excluding diaryl/α,β-unsaturated/α-hetero) is 1. The van der Waals surface area contributed by atoms with Crippen molar-refractivity contribution in [2.45, 2.75) is 6.92 Å². The summed E-state index contributed by atoms with van der Waals surface area (Å²) in [5.41, 5.74) is 2.56. The number of aliphatic hydroxyl groups is 1. The molecule has 0 heterocycles. The Balaban J connectivity index is 2.04. The fraction of sp³-hybridized carbons (Fsp3) is 0.0455. The molecule has 0 aliphatic heterocycles. The maximum atomic E-state index is 12.9. The number of hydrogen-bond donors (Lipinski definition) is 1. The summed E-state index contributed by atoms with van der Waals surface area (Å²) in [7, 11) is 0. The van der Waals surface area contributed by atoms with Gasteiger partial charge in [0.15, 0.2) is 11.5 Å². The minimum atomic E-state index is -0.386. The first-order chi connectivity index (χ1) is 12.6. The second-order valence-electron chi connectivity index (χ2n) is 5.79. The molecule has 0 spiro atoms. The van der Waals surface area contributed by atoms with E-state index in [2.05, 4.69) is 10.2 Å². The molecule has 0 radical (unpaired) electrons. The standard InChI is InChI=1S/C22H18N2O2/c1-16-12-14-19(15-13-16)23-24-20(21(25)17-8-4-2-5-9-17)22(26)18-10-6-3-7-11-18/h2-15,25H,1H3/b21-20+,24-23?. The van der Waals surface area contributed by atoms with Crippen molar-refractivity contribution in [3.63, 3.8) is 0 Å². The third-order valence-electron chi connectivity index (χ3n) is 3.82. The molecule has 26 heavy (non-hydrogen) atoms. The Morgan fingerprint density at radius 1 is 0.769 bits per heavy atom. The van der Waals surface area contributed by atoms with E-state index in [9.17, 15) is 9.90 Å². The minimum absolute atomic E-state index is 0.0945. The number of nitrogens with zero attached hydrogens (tertiary/aromatic N) is 2. The van der Waals surface area contributed by atoms with Gasteiger partial charge in [-0.05, 0) is 19.1 Å². The lowest BCUT2D eigenvalue weighted by atomic mass is 10.1. The Morgan fingerprint density at radius 2 is 1.31 bits per heavy atom. The molecule has 0 unspecified atom stereocenters. The van der Waals surface area contributed by atoms with Crippen molar-refractivity contribution in [2.75, 3.05) is 0 Å². The van der Waals surface area contributed by atoms with Crippen molar-refractivity contribution in [3.05, 3.63) is 107 Å². The Bertz CT molecular complexity index is 944. The number of ketones is 1. The van der Waals surface area contributed by atoms with Gasteiger partial charge >= 0.3 is 0 Å². The summed E-state index contributed by atoms with van der Waals surface area (Å²) in [6.45, 7) is 1.98. The first kappa shape index (κ1) is 17.3. The van der Waals surface area contributed by atoms with Gasteiger partial charge in [-0.2, -0.15) is 5.11 Å². The molecule has 0 aliphatic carbocycles. The fourth-order valence-corrected chi connectivity index (χ4v) is 2.38. The largest absolute Gasteiger partial charge is 0.505 e. The number of azo groups is 1. The summed E-state index contributed by atoms with van der Waals surface area (Å²) < 4.78 is 0. The van der Waals surface area contributed by atoms with E-state index in [0.717, 1.165) is 5.56 Å². The maximum Gasteiger partial charge on any atom is 0.217 e. The quantitative estimate of drug-likeness (QED) is 0.272. The molecule has 4 heteroatoms. The molecule has 0 aromatic heterocycles. The fourth-order valence-electron chi connectivity index (χ4n) is 2.38. The Morgan fingerprint density at radius 3 is 1.88 bits per heavy atom. The summed E-state index contributed by atoms with van der Waals surface area (Å²) in [6, 6.07) is 25.0. The van der Waals surface area contributed by atoms with Crippen molar-refractivity contribution >= 4 is 17.2 Å². The molecule has 1 N–H and O–H groups in total. The molecule has 128 valence electrons. The topological polar surface area (TPSA) is 62.0 Å². The number of carbonyl (C=O) groups excluding carboxylic acids is 1. The van der Waals surface area contributed by atoms with Crippen molar-refractivity contribution in [1.29, 1.82) is 0 Å². The van der Waals surface area contributed by atoms with Gasteiger partial charge in [-0.1, -0.05) is 78.4 Å². The molecule has 0 saturated carbocycles. The van der Waals surface area contributed by atoms with Gasteiger partial charge in [0.05, 0.1) is 5.69 Å². The zero-order chi connectivity index (χ0) is 18.4. The smallest absolute Gasteiger partial charge is 0.217 e. The van der Waals surface area contributed by atoms with E-state index in [4.69, 9.17) is 0 Å². The molecule has 0 saturated heterocycles. The molecule has 4 nitrogen and oxygen atoms in total. The van der Waals surface area contributed by atoms with E-state index in [1.54, 1.807) is 48.5 Å². The van der Waals surface area contributed by atoms with Crippen LogP contribution in [0.15, 0.2) is 101 Å². The average Bonchev–Trinajstić information content (AvgIpc) is 2.70. The summed E-state index contributed by atoms with van der Waals surface area (Å²) in [6.07, 6.45) is 0. The second-order valence-corrected chi connectivity index (χ2v) is 5.79. The highest BCUT2D eigenvalue weighted by molar-refractivity contribution is 6.12. The van der Waals surface area contributed by atoms with E-state index >= 15 is 0 Å². The van der Waals surface area contributed by atoms with Crippen LogP contribution in [0.3, 0.4) is 0 Å². The number of rotatable bonds is 5. The number of aryl methyl sites for hydroxylation is 1. The Hall–Kier alpha value is -3.53. The summed E-state index contributed by atoms with van der Waals surface area (Å²) >= 11 is 0. The number of hydrogen-bond acceptors (Lipinski definition) is 4. The van der Waals surface area contributed by atoms with Crippen LogP contribution < -0.4 is 0 Å². The summed E-state index contributed by atoms with van der Waals surface area (Å²) in [4.78, 5) is 12.9. The van der Waals surface area contributed by atoms with E-state index < -0.39 is 0 Å². The van der Waals surface area contributed by atoms with Gasteiger partial charge in [0.1, 0.15) is 0 Å². The van der Waals surface area contributed by atoms with Crippen molar-refractivity contribution in [2.24, 2.45) is 10.2 Å². The number of carbonyl (C=O) groups is 1. The minimum Gasteiger partial charge on any atom is -0.505 e. The van der Waals surface area contributed by atoms with Crippen LogP contribution >= 0.6 is 0 Å². The lowest BCUT2D eigenvalue weighted by Gasteiger charge is -2.06. The highest BCUT2D eigenvalue weighted by atomic mass is 16.3. The highest BCUT2D eigenvalue weighted by Gasteiger charge is 2.18. The summed E-state index contributed by atoms with van der Waals surface area (Å²) in [5, 5.41) is 18.8. The zero-order valence-corrected chi connectivity index (χ0v) is 14.3. The molecule has 0 fully saturated rings. The van der Waals surface area contributed by atoms with E-state index in [-0.39, 0.29) is 17.2 Å².